The first-order valence-electron chi connectivity index (χ1n) is 7.21. The van der Waals surface area contributed by atoms with Gasteiger partial charge in [0.15, 0.2) is 4.98 Å². The lowest BCUT2D eigenvalue weighted by Crippen LogP contribution is -2.45. The molecule has 0 aromatic carbocycles. The molecule has 126 valence electrons. The zero-order chi connectivity index (χ0) is 17.6. The summed E-state index contributed by atoms with van der Waals surface area (Å²) in [7, 11) is 1.28. The maximum absolute atomic E-state index is 11.9. The lowest BCUT2D eigenvalue weighted by atomic mass is 9.84. The van der Waals surface area contributed by atoms with Crippen LogP contribution in [0.4, 0.5) is 4.79 Å². The lowest BCUT2D eigenvalue weighted by Gasteiger charge is -2.32. The number of allylic oxidation sites excluding steroid dienone is 1. The SMILES string of the molecule is CO/C(O)=C(/CC[C@@H](NC(=O)OC(C)(C)C)C(C)(C)C)[N+]#N. The summed E-state index contributed by atoms with van der Waals surface area (Å²) in [4.78, 5) is 14.9. The minimum absolute atomic E-state index is 0.0303. The fourth-order valence-corrected chi connectivity index (χ4v) is 1.77. The monoisotopic (exact) mass is 314 g/mol. The van der Waals surface area contributed by atoms with E-state index in [1.54, 1.807) is 20.8 Å². The highest BCUT2D eigenvalue weighted by molar-refractivity contribution is 5.68. The van der Waals surface area contributed by atoms with E-state index in [1.165, 1.54) is 7.11 Å². The number of aliphatic hydroxyl groups is 1. The van der Waals surface area contributed by atoms with E-state index < -0.39 is 17.6 Å². The number of amides is 1. The van der Waals surface area contributed by atoms with Crippen LogP contribution in [0.1, 0.15) is 54.4 Å². The van der Waals surface area contributed by atoms with Gasteiger partial charge in [-0.25, -0.2) is 4.79 Å². The fraction of sp³-hybridized carbons (Fsp3) is 0.800. The summed E-state index contributed by atoms with van der Waals surface area (Å²) in [6.07, 6.45) is 0.193. The molecule has 0 aliphatic heterocycles. The average molecular weight is 314 g/mol. The first-order valence-corrected chi connectivity index (χ1v) is 7.21. The number of diazo groups is 1. The Kier molecular flexibility index (Phi) is 7.17. The molecule has 0 aromatic heterocycles. The molecule has 0 bridgehead atoms. The Labute approximate surface area is 132 Å². The fourth-order valence-electron chi connectivity index (χ4n) is 1.77. The van der Waals surface area contributed by atoms with Crippen LogP contribution >= 0.6 is 0 Å². The Bertz CT molecular complexity index is 453. The molecular formula is C15H28N3O4+. The van der Waals surface area contributed by atoms with E-state index in [-0.39, 0.29) is 23.6 Å². The minimum atomic E-state index is -0.577. The topological polar surface area (TPSA) is 95.9 Å². The van der Waals surface area contributed by atoms with E-state index >= 15 is 0 Å². The molecule has 1 atom stereocenters. The predicted octanol–water partition coefficient (Wildman–Crippen LogP) is 3.93. The Morgan fingerprint density at radius 2 is 1.82 bits per heavy atom. The van der Waals surface area contributed by atoms with Crippen molar-refractivity contribution in [3.05, 3.63) is 16.6 Å². The van der Waals surface area contributed by atoms with Crippen molar-refractivity contribution < 1.29 is 19.4 Å². The minimum Gasteiger partial charge on any atom is -0.475 e. The van der Waals surface area contributed by atoms with Gasteiger partial charge in [0.05, 0.1) is 13.5 Å². The van der Waals surface area contributed by atoms with Crippen LogP contribution in [0.3, 0.4) is 0 Å². The predicted molar refractivity (Wildman–Crippen MR) is 83.6 cm³/mol. The number of ether oxygens (including phenoxy) is 2. The van der Waals surface area contributed by atoms with Crippen molar-refractivity contribution in [2.75, 3.05) is 7.11 Å². The summed E-state index contributed by atoms with van der Waals surface area (Å²) in [5.74, 6) is -0.438. The number of carbonyl (C=O) groups is 1. The Balaban J connectivity index is 4.90. The van der Waals surface area contributed by atoms with Crippen LogP contribution in [0, 0.1) is 10.8 Å². The van der Waals surface area contributed by atoms with Crippen molar-refractivity contribution in [2.24, 2.45) is 5.41 Å². The molecule has 7 heteroatoms. The highest BCUT2D eigenvalue weighted by atomic mass is 16.6. The van der Waals surface area contributed by atoms with E-state index in [1.807, 2.05) is 20.8 Å². The second-order valence-corrected chi connectivity index (χ2v) is 7.16. The van der Waals surface area contributed by atoms with Crippen LogP contribution in [0.5, 0.6) is 0 Å². The number of methoxy groups -OCH3 is 1. The third-order valence-electron chi connectivity index (χ3n) is 2.97. The number of hydrogen-bond acceptors (Lipinski definition) is 5. The molecule has 0 spiro atoms. The van der Waals surface area contributed by atoms with Crippen molar-refractivity contribution in [1.82, 2.24) is 5.32 Å². The molecule has 0 fully saturated rings. The van der Waals surface area contributed by atoms with Crippen LogP contribution in [0.15, 0.2) is 11.6 Å². The summed E-state index contributed by atoms with van der Waals surface area (Å²) in [5, 5.41) is 21.2. The van der Waals surface area contributed by atoms with Crippen molar-refractivity contribution in [3.8, 4) is 0 Å². The number of hydrogen-bond donors (Lipinski definition) is 2. The molecule has 0 aromatic rings. The Hall–Kier alpha value is -1.97. The van der Waals surface area contributed by atoms with Crippen molar-refractivity contribution in [1.29, 1.82) is 5.39 Å². The van der Waals surface area contributed by atoms with Gasteiger partial charge < -0.3 is 19.9 Å². The number of rotatable bonds is 5. The van der Waals surface area contributed by atoms with Crippen molar-refractivity contribution in [2.45, 2.75) is 66.0 Å². The van der Waals surface area contributed by atoms with E-state index in [0.717, 1.165) is 0 Å². The molecule has 2 N–H and O–H groups in total. The molecule has 7 nitrogen and oxygen atoms in total. The number of nitrogens with zero attached hydrogens (tertiary/aromatic N) is 2. The first kappa shape index (κ1) is 20.0. The third-order valence-corrected chi connectivity index (χ3v) is 2.97. The van der Waals surface area contributed by atoms with Gasteiger partial charge in [-0.3, -0.25) is 0 Å². The summed E-state index contributed by atoms with van der Waals surface area (Å²) < 4.78 is 9.89. The second-order valence-electron chi connectivity index (χ2n) is 7.16. The maximum Gasteiger partial charge on any atom is 0.440 e. The van der Waals surface area contributed by atoms with Gasteiger partial charge in [0.1, 0.15) is 5.60 Å². The van der Waals surface area contributed by atoms with E-state index in [0.29, 0.717) is 6.42 Å². The van der Waals surface area contributed by atoms with Crippen LogP contribution < -0.4 is 5.32 Å². The summed E-state index contributed by atoms with van der Waals surface area (Å²) >= 11 is 0. The largest absolute Gasteiger partial charge is 0.475 e. The van der Waals surface area contributed by atoms with E-state index in [2.05, 4.69) is 15.0 Å². The van der Waals surface area contributed by atoms with Gasteiger partial charge in [-0.1, -0.05) is 20.8 Å². The molecule has 0 aliphatic carbocycles. The zero-order valence-corrected chi connectivity index (χ0v) is 14.6. The Morgan fingerprint density at radius 1 is 1.27 bits per heavy atom. The third kappa shape index (κ3) is 7.72. The van der Waals surface area contributed by atoms with Crippen molar-refractivity contribution in [3.63, 3.8) is 0 Å². The normalized spacial score (nSPS) is 14.5. The van der Waals surface area contributed by atoms with Gasteiger partial charge in [0.25, 0.3) is 0 Å². The van der Waals surface area contributed by atoms with Gasteiger partial charge in [-0.15, -0.1) is 0 Å². The van der Waals surface area contributed by atoms with Crippen molar-refractivity contribution >= 4 is 6.09 Å². The number of alkyl carbamates (subject to hydrolysis) is 1. The molecule has 0 saturated heterocycles. The highest BCUT2D eigenvalue weighted by Crippen LogP contribution is 2.26. The van der Waals surface area contributed by atoms with E-state index in [9.17, 15) is 9.90 Å². The van der Waals surface area contributed by atoms with Crippen LogP contribution in [0.2, 0.25) is 0 Å². The standard InChI is InChI=1S/C15H27N3O4/c1-14(2,3)11(17-13(20)22-15(4,5)6)9-8-10(18-16)12(19)21-7/h11H,8-9H2,1-7H3,(H-,17,19,20)/p+1/b12-10-/t11-/m1/s1. The molecule has 1 amide bonds. The van der Waals surface area contributed by atoms with Crippen LogP contribution in [-0.4, -0.2) is 30.0 Å². The van der Waals surface area contributed by atoms with Gasteiger partial charge in [0.2, 0.25) is 5.39 Å². The highest BCUT2D eigenvalue weighted by Gasteiger charge is 2.31. The first-order chi connectivity index (χ1) is 9.90. The van der Waals surface area contributed by atoms with Crippen LogP contribution in [0.25, 0.3) is 4.98 Å². The molecule has 0 aliphatic rings. The quantitative estimate of drug-likeness (QED) is 0.592. The van der Waals surface area contributed by atoms with Gasteiger partial charge in [-0.2, -0.15) is 0 Å². The number of aliphatic hydroxyl groups excluding tert-OH is 1. The molecule has 0 unspecified atom stereocenters. The van der Waals surface area contributed by atoms with Gasteiger partial charge in [-0.05, 0) is 32.6 Å². The summed E-state index contributed by atoms with van der Waals surface area (Å²) in [6.45, 7) is 11.3. The molecule has 22 heavy (non-hydrogen) atoms. The lowest BCUT2D eigenvalue weighted by molar-refractivity contribution is 0.0459. The second kappa shape index (κ2) is 7.87. The van der Waals surface area contributed by atoms with E-state index in [4.69, 9.17) is 10.1 Å². The summed E-state index contributed by atoms with van der Waals surface area (Å²) in [6, 6.07) is -0.233. The Morgan fingerprint density at radius 3 is 2.18 bits per heavy atom. The smallest absolute Gasteiger partial charge is 0.440 e. The van der Waals surface area contributed by atoms with Gasteiger partial charge >= 0.3 is 17.7 Å². The molecule has 0 heterocycles. The average Bonchev–Trinajstić information content (AvgIpc) is 2.34. The van der Waals surface area contributed by atoms with Gasteiger partial charge in [0, 0.05) is 6.04 Å². The molecule has 0 radical (unpaired) electrons. The molecular weight excluding hydrogens is 286 g/mol. The molecule has 0 saturated carbocycles. The molecule has 0 rings (SSSR count). The maximum atomic E-state index is 11.9. The summed E-state index contributed by atoms with van der Waals surface area (Å²) in [5.41, 5.74) is -0.783. The zero-order valence-electron chi connectivity index (χ0n) is 14.6. The number of carbonyl (C=O) groups excluding carboxylic acids is 1. The van der Waals surface area contributed by atoms with Crippen LogP contribution in [-0.2, 0) is 9.47 Å². The number of nitrogens with one attached hydrogen (secondary N) is 1.